The van der Waals surface area contributed by atoms with Crippen LogP contribution >= 0.6 is 23.2 Å². The molecule has 156 valence electrons. The summed E-state index contributed by atoms with van der Waals surface area (Å²) in [4.78, 5) is 11.2. The fourth-order valence-electron chi connectivity index (χ4n) is 3.03. The number of halogens is 2. The van der Waals surface area contributed by atoms with Crippen LogP contribution in [0, 0.1) is 0 Å². The number of rotatable bonds is 5. The van der Waals surface area contributed by atoms with E-state index < -0.39 is 15.8 Å². The Balaban J connectivity index is 2.00. The van der Waals surface area contributed by atoms with Gasteiger partial charge >= 0.3 is 5.97 Å². The first-order valence-corrected chi connectivity index (χ1v) is 11.1. The highest BCUT2D eigenvalue weighted by Crippen LogP contribution is 2.35. The Morgan fingerprint density at radius 3 is 2.39 bits per heavy atom. The van der Waals surface area contributed by atoms with Crippen LogP contribution in [0.4, 0.5) is 0 Å². The number of aromatic nitrogens is 3. The standard InChI is InChI=1S/C21H13Cl2N3O4S/c22-15-9-10-17(23)18(12-15)31(29,30)20-19(13-5-2-1-3-6-13)26(25-24-20)16-8-4-7-14(11-16)21(27)28/h1-12H,(H,27,28). The number of sulfone groups is 1. The molecule has 0 unspecified atom stereocenters. The molecule has 0 aliphatic heterocycles. The van der Waals surface area contributed by atoms with Crippen molar-refractivity contribution in [3.8, 4) is 16.9 Å². The average Bonchev–Trinajstić information content (AvgIpc) is 3.22. The van der Waals surface area contributed by atoms with E-state index in [0.29, 0.717) is 11.3 Å². The first-order valence-electron chi connectivity index (χ1n) is 8.84. The van der Waals surface area contributed by atoms with E-state index in [1.807, 2.05) is 0 Å². The minimum atomic E-state index is -4.21. The average molecular weight is 474 g/mol. The van der Waals surface area contributed by atoms with Gasteiger partial charge in [0.15, 0.2) is 0 Å². The van der Waals surface area contributed by atoms with Gasteiger partial charge in [0.1, 0.15) is 5.69 Å². The third-order valence-electron chi connectivity index (χ3n) is 4.46. The van der Waals surface area contributed by atoms with Crippen LogP contribution in [0.15, 0.2) is 82.7 Å². The van der Waals surface area contributed by atoms with Gasteiger partial charge in [-0.05, 0) is 36.4 Å². The molecule has 0 aliphatic rings. The van der Waals surface area contributed by atoms with E-state index in [-0.39, 0.29) is 31.2 Å². The second kappa shape index (κ2) is 8.14. The van der Waals surface area contributed by atoms with E-state index in [0.717, 1.165) is 0 Å². The van der Waals surface area contributed by atoms with E-state index in [1.54, 1.807) is 36.4 Å². The summed E-state index contributed by atoms with van der Waals surface area (Å²) in [5, 5.41) is 17.1. The SMILES string of the molecule is O=C(O)c1cccc(-n2nnc(S(=O)(=O)c3cc(Cl)ccc3Cl)c2-c2ccccc2)c1. The van der Waals surface area contributed by atoms with Crippen LogP contribution in [0.1, 0.15) is 10.4 Å². The Morgan fingerprint density at radius 2 is 1.68 bits per heavy atom. The molecule has 1 aromatic heterocycles. The Bertz CT molecular complexity index is 1400. The molecule has 1 N–H and O–H groups in total. The van der Waals surface area contributed by atoms with Crippen molar-refractivity contribution in [2.75, 3.05) is 0 Å². The molecule has 7 nitrogen and oxygen atoms in total. The van der Waals surface area contributed by atoms with Gasteiger partial charge in [0.05, 0.1) is 21.2 Å². The molecule has 31 heavy (non-hydrogen) atoms. The summed E-state index contributed by atoms with van der Waals surface area (Å²) in [7, 11) is -4.21. The van der Waals surface area contributed by atoms with Crippen LogP contribution in [-0.4, -0.2) is 34.5 Å². The molecule has 1 heterocycles. The lowest BCUT2D eigenvalue weighted by Crippen LogP contribution is -2.07. The van der Waals surface area contributed by atoms with Gasteiger partial charge in [-0.3, -0.25) is 0 Å². The number of aromatic carboxylic acids is 1. The fourth-order valence-corrected chi connectivity index (χ4v) is 5.11. The number of carboxylic acid groups (broad SMARTS) is 1. The predicted molar refractivity (Wildman–Crippen MR) is 116 cm³/mol. The third kappa shape index (κ3) is 3.93. The summed E-state index contributed by atoms with van der Waals surface area (Å²) in [6.45, 7) is 0. The predicted octanol–water partition coefficient (Wildman–Crippen LogP) is 4.77. The van der Waals surface area contributed by atoms with E-state index >= 15 is 0 Å². The van der Waals surface area contributed by atoms with Gasteiger partial charge in [-0.15, -0.1) is 5.10 Å². The topological polar surface area (TPSA) is 102 Å². The summed E-state index contributed by atoms with van der Waals surface area (Å²) in [5.41, 5.74) is 1.04. The normalized spacial score (nSPS) is 11.4. The quantitative estimate of drug-likeness (QED) is 0.447. The molecule has 4 rings (SSSR count). The molecular weight excluding hydrogens is 461 g/mol. The highest BCUT2D eigenvalue weighted by Gasteiger charge is 2.31. The number of benzene rings is 3. The molecule has 0 spiro atoms. The van der Waals surface area contributed by atoms with Crippen LogP contribution in [0.2, 0.25) is 10.0 Å². The van der Waals surface area contributed by atoms with Crippen LogP contribution in [-0.2, 0) is 9.84 Å². The van der Waals surface area contributed by atoms with Crippen molar-refractivity contribution in [3.05, 3.63) is 88.4 Å². The Hall–Kier alpha value is -3.20. The molecular formula is C21H13Cl2N3O4S. The minimum absolute atomic E-state index is 0.00848. The zero-order valence-electron chi connectivity index (χ0n) is 15.6. The molecule has 0 radical (unpaired) electrons. The Morgan fingerprint density at radius 1 is 0.935 bits per heavy atom. The maximum atomic E-state index is 13.5. The van der Waals surface area contributed by atoms with Crippen LogP contribution in [0.3, 0.4) is 0 Å². The molecule has 0 saturated carbocycles. The highest BCUT2D eigenvalue weighted by atomic mass is 35.5. The number of carboxylic acids is 1. The third-order valence-corrected chi connectivity index (χ3v) is 6.84. The van der Waals surface area contributed by atoms with E-state index in [1.165, 1.54) is 41.1 Å². The van der Waals surface area contributed by atoms with E-state index in [2.05, 4.69) is 10.3 Å². The first kappa shape index (κ1) is 21.0. The number of hydrogen-bond donors (Lipinski definition) is 1. The first-order chi connectivity index (χ1) is 14.8. The van der Waals surface area contributed by atoms with Gasteiger partial charge in [0.2, 0.25) is 14.9 Å². The smallest absolute Gasteiger partial charge is 0.335 e. The largest absolute Gasteiger partial charge is 0.478 e. The summed E-state index contributed by atoms with van der Waals surface area (Å²) in [6.07, 6.45) is 0. The van der Waals surface area contributed by atoms with E-state index in [9.17, 15) is 18.3 Å². The summed E-state index contributed by atoms with van der Waals surface area (Å²) in [5.74, 6) is -1.12. The van der Waals surface area contributed by atoms with Crippen LogP contribution in [0.5, 0.6) is 0 Å². The molecule has 0 amide bonds. The molecule has 4 aromatic rings. The van der Waals surface area contributed by atoms with Gasteiger partial charge in [0.25, 0.3) is 0 Å². The van der Waals surface area contributed by atoms with Crippen molar-refractivity contribution in [3.63, 3.8) is 0 Å². The summed E-state index contributed by atoms with van der Waals surface area (Å²) >= 11 is 12.1. The van der Waals surface area contributed by atoms with Gasteiger partial charge in [-0.2, -0.15) is 0 Å². The van der Waals surface area contributed by atoms with Crippen molar-refractivity contribution < 1.29 is 18.3 Å². The van der Waals surface area contributed by atoms with Gasteiger partial charge < -0.3 is 5.11 Å². The molecule has 0 saturated heterocycles. The maximum Gasteiger partial charge on any atom is 0.335 e. The van der Waals surface area contributed by atoms with Crippen molar-refractivity contribution >= 4 is 39.0 Å². The zero-order chi connectivity index (χ0) is 22.2. The maximum absolute atomic E-state index is 13.5. The highest BCUT2D eigenvalue weighted by molar-refractivity contribution is 7.91. The molecule has 3 aromatic carbocycles. The number of carbonyl (C=O) groups is 1. The van der Waals surface area contributed by atoms with Gasteiger partial charge in [-0.1, -0.05) is 64.8 Å². The number of hydrogen-bond acceptors (Lipinski definition) is 5. The summed E-state index contributed by atoms with van der Waals surface area (Å²) < 4.78 is 28.2. The van der Waals surface area contributed by atoms with Crippen molar-refractivity contribution in [1.29, 1.82) is 0 Å². The van der Waals surface area contributed by atoms with Gasteiger partial charge in [0, 0.05) is 10.6 Å². The van der Waals surface area contributed by atoms with Crippen molar-refractivity contribution in [2.24, 2.45) is 0 Å². The fraction of sp³-hybridized carbons (Fsp3) is 0. The van der Waals surface area contributed by atoms with Crippen molar-refractivity contribution in [2.45, 2.75) is 9.92 Å². The number of nitrogens with zero attached hydrogens (tertiary/aromatic N) is 3. The van der Waals surface area contributed by atoms with Gasteiger partial charge in [-0.25, -0.2) is 17.9 Å². The molecule has 0 aliphatic carbocycles. The summed E-state index contributed by atoms with van der Waals surface area (Å²) in [6, 6.07) is 18.7. The Labute approximate surface area is 187 Å². The van der Waals surface area contributed by atoms with E-state index in [4.69, 9.17) is 23.2 Å². The monoisotopic (exact) mass is 473 g/mol. The van der Waals surface area contributed by atoms with Crippen LogP contribution in [0.25, 0.3) is 16.9 Å². The molecule has 10 heteroatoms. The lowest BCUT2D eigenvalue weighted by molar-refractivity contribution is 0.0697. The Kier molecular flexibility index (Phi) is 5.53. The minimum Gasteiger partial charge on any atom is -0.478 e. The zero-order valence-corrected chi connectivity index (χ0v) is 17.9. The molecule has 0 atom stereocenters. The second-order valence-corrected chi connectivity index (χ2v) is 9.13. The molecule has 0 fully saturated rings. The van der Waals surface area contributed by atoms with Crippen molar-refractivity contribution in [1.82, 2.24) is 15.0 Å². The molecule has 0 bridgehead atoms. The second-order valence-electron chi connectivity index (χ2n) is 6.45. The lowest BCUT2D eigenvalue weighted by Gasteiger charge is -2.10. The lowest BCUT2D eigenvalue weighted by atomic mass is 10.1. The van der Waals surface area contributed by atoms with Crippen LogP contribution < -0.4 is 0 Å².